The summed E-state index contributed by atoms with van der Waals surface area (Å²) >= 11 is 0. The zero-order valence-corrected chi connectivity index (χ0v) is 11.4. The topological polar surface area (TPSA) is 102 Å². The summed E-state index contributed by atoms with van der Waals surface area (Å²) in [5.41, 5.74) is 7.29. The largest absolute Gasteiger partial charge is 0.348 e. The van der Waals surface area contributed by atoms with Gasteiger partial charge in [0.1, 0.15) is 0 Å². The van der Waals surface area contributed by atoms with Crippen LogP contribution in [0.5, 0.6) is 0 Å². The summed E-state index contributed by atoms with van der Waals surface area (Å²) in [5, 5.41) is 9.28. The Bertz CT molecular complexity index is 441. The number of rotatable bonds is 6. The van der Waals surface area contributed by atoms with Crippen molar-refractivity contribution >= 4 is 11.8 Å². The van der Waals surface area contributed by atoms with Crippen LogP contribution in [0.15, 0.2) is 6.07 Å². The summed E-state index contributed by atoms with van der Waals surface area (Å²) in [6.07, 6.45) is 0.720. The number of aromatic nitrogens is 2. The normalized spacial score (nSPS) is 10.3. The average molecular weight is 267 g/mol. The van der Waals surface area contributed by atoms with E-state index in [1.165, 1.54) is 0 Å². The van der Waals surface area contributed by atoms with Gasteiger partial charge in [-0.25, -0.2) is 0 Å². The van der Waals surface area contributed by atoms with E-state index >= 15 is 0 Å². The molecule has 0 unspecified atom stereocenters. The van der Waals surface area contributed by atoms with Crippen molar-refractivity contribution in [3.63, 3.8) is 0 Å². The average Bonchev–Trinajstić information content (AvgIpc) is 2.69. The van der Waals surface area contributed by atoms with Crippen molar-refractivity contribution in [2.24, 2.45) is 5.73 Å². The molecule has 0 radical (unpaired) electrons. The second kappa shape index (κ2) is 7.52. The molecule has 1 rings (SSSR count). The molecule has 1 heterocycles. The number of carbonyl (C=O) groups excluding carboxylic acids is 2. The summed E-state index contributed by atoms with van der Waals surface area (Å²) in [4.78, 5) is 22.6. The highest BCUT2D eigenvalue weighted by Crippen LogP contribution is 2.01. The Balaban J connectivity index is 2.22. The molecule has 7 heteroatoms. The molecule has 0 atom stereocenters. The molecule has 0 aromatic carbocycles. The second-order valence-electron chi connectivity index (χ2n) is 4.30. The van der Waals surface area contributed by atoms with Gasteiger partial charge in [-0.2, -0.15) is 5.10 Å². The summed E-state index contributed by atoms with van der Waals surface area (Å²) in [6.45, 7) is 5.69. The van der Waals surface area contributed by atoms with Gasteiger partial charge in [-0.05, 0) is 26.3 Å². The van der Waals surface area contributed by atoms with E-state index in [0.29, 0.717) is 26.2 Å². The molecular formula is C12H21N5O2. The molecule has 0 aliphatic carbocycles. The van der Waals surface area contributed by atoms with Gasteiger partial charge in [-0.1, -0.05) is 0 Å². The molecule has 4 N–H and O–H groups in total. The van der Waals surface area contributed by atoms with Crippen LogP contribution in [0, 0.1) is 13.8 Å². The minimum Gasteiger partial charge on any atom is -0.348 e. The van der Waals surface area contributed by atoms with E-state index in [2.05, 4.69) is 15.7 Å². The molecule has 1 aromatic heterocycles. The van der Waals surface area contributed by atoms with E-state index < -0.39 is 11.8 Å². The lowest BCUT2D eigenvalue weighted by molar-refractivity contribution is -0.139. The molecule has 19 heavy (non-hydrogen) atoms. The van der Waals surface area contributed by atoms with Gasteiger partial charge < -0.3 is 16.4 Å². The van der Waals surface area contributed by atoms with E-state index in [-0.39, 0.29) is 0 Å². The molecule has 0 fully saturated rings. The number of nitrogens with one attached hydrogen (secondary N) is 2. The van der Waals surface area contributed by atoms with Gasteiger partial charge in [0.15, 0.2) is 0 Å². The number of nitrogens with zero attached hydrogens (tertiary/aromatic N) is 2. The lowest BCUT2D eigenvalue weighted by Crippen LogP contribution is -2.42. The molecule has 7 nitrogen and oxygen atoms in total. The Morgan fingerprint density at radius 2 is 1.89 bits per heavy atom. The summed E-state index contributed by atoms with van der Waals surface area (Å²) in [6, 6.07) is 2.00. The summed E-state index contributed by atoms with van der Waals surface area (Å²) < 4.78 is 1.88. The van der Waals surface area contributed by atoms with Crippen LogP contribution in [-0.4, -0.2) is 41.2 Å². The lowest BCUT2D eigenvalue weighted by Gasteiger charge is -2.06. The number of hydrogen-bond donors (Lipinski definition) is 3. The number of nitrogens with two attached hydrogens (primary N) is 1. The van der Waals surface area contributed by atoms with Crippen LogP contribution in [-0.2, 0) is 16.1 Å². The number of hydrogen-bond acceptors (Lipinski definition) is 4. The monoisotopic (exact) mass is 267 g/mol. The first kappa shape index (κ1) is 15.2. The van der Waals surface area contributed by atoms with E-state index in [1.807, 2.05) is 24.6 Å². The molecule has 0 aliphatic heterocycles. The van der Waals surface area contributed by atoms with Crippen molar-refractivity contribution in [2.75, 3.05) is 19.6 Å². The minimum absolute atomic E-state index is 0.304. The van der Waals surface area contributed by atoms with E-state index in [4.69, 9.17) is 5.73 Å². The fraction of sp³-hybridized carbons (Fsp3) is 0.583. The van der Waals surface area contributed by atoms with Gasteiger partial charge in [-0.3, -0.25) is 14.3 Å². The highest BCUT2D eigenvalue weighted by Gasteiger charge is 2.11. The maximum Gasteiger partial charge on any atom is 0.309 e. The van der Waals surface area contributed by atoms with E-state index in [9.17, 15) is 9.59 Å². The zero-order valence-electron chi connectivity index (χ0n) is 11.4. The maximum absolute atomic E-state index is 11.3. The molecule has 0 aliphatic rings. The molecule has 106 valence electrons. The number of aryl methyl sites for hydroxylation is 3. The van der Waals surface area contributed by atoms with Crippen molar-refractivity contribution < 1.29 is 9.59 Å². The molecular weight excluding hydrogens is 246 g/mol. The van der Waals surface area contributed by atoms with Crippen LogP contribution in [0.4, 0.5) is 0 Å². The van der Waals surface area contributed by atoms with Gasteiger partial charge in [0.25, 0.3) is 0 Å². The van der Waals surface area contributed by atoms with Gasteiger partial charge in [0.2, 0.25) is 0 Å². The predicted molar refractivity (Wildman–Crippen MR) is 71.4 cm³/mol. The van der Waals surface area contributed by atoms with Crippen LogP contribution in [0.3, 0.4) is 0 Å². The fourth-order valence-corrected chi connectivity index (χ4v) is 1.68. The molecule has 0 saturated heterocycles. The fourth-order valence-electron chi connectivity index (χ4n) is 1.68. The molecule has 0 saturated carbocycles. The van der Waals surface area contributed by atoms with Gasteiger partial charge in [0, 0.05) is 31.9 Å². The third-order valence-electron chi connectivity index (χ3n) is 2.57. The molecule has 1 aromatic rings. The first-order valence-corrected chi connectivity index (χ1v) is 6.31. The first-order chi connectivity index (χ1) is 9.04. The Morgan fingerprint density at radius 3 is 2.42 bits per heavy atom. The van der Waals surface area contributed by atoms with Crippen molar-refractivity contribution in [1.29, 1.82) is 0 Å². The quantitative estimate of drug-likeness (QED) is 0.458. The van der Waals surface area contributed by atoms with Crippen molar-refractivity contribution in [3.8, 4) is 0 Å². The smallest absolute Gasteiger partial charge is 0.309 e. The lowest BCUT2D eigenvalue weighted by atomic mass is 10.3. The van der Waals surface area contributed by atoms with E-state index in [1.54, 1.807) is 0 Å². The van der Waals surface area contributed by atoms with Gasteiger partial charge >= 0.3 is 11.8 Å². The van der Waals surface area contributed by atoms with Crippen molar-refractivity contribution in [1.82, 2.24) is 20.4 Å². The van der Waals surface area contributed by atoms with Crippen molar-refractivity contribution in [2.45, 2.75) is 26.8 Å². The second-order valence-corrected chi connectivity index (χ2v) is 4.30. The summed E-state index contributed by atoms with van der Waals surface area (Å²) in [5.74, 6) is -1.27. The molecule has 0 spiro atoms. The third kappa shape index (κ3) is 5.09. The van der Waals surface area contributed by atoms with Crippen LogP contribution in [0.25, 0.3) is 0 Å². The van der Waals surface area contributed by atoms with Gasteiger partial charge in [0.05, 0.1) is 5.69 Å². The molecule has 2 amide bonds. The van der Waals surface area contributed by atoms with E-state index in [0.717, 1.165) is 17.8 Å². The Labute approximate surface area is 112 Å². The Hall–Kier alpha value is -1.89. The van der Waals surface area contributed by atoms with Crippen LogP contribution in [0.2, 0.25) is 0 Å². The number of carbonyl (C=O) groups is 2. The standard InChI is InChI=1S/C12H21N5O2/c1-9-8-10(2)17(16-9)7-3-5-14-11(18)12(19)15-6-4-13/h8H,3-7,13H2,1-2H3,(H,14,18)(H,15,19). The zero-order chi connectivity index (χ0) is 14.3. The highest BCUT2D eigenvalue weighted by molar-refractivity contribution is 6.35. The minimum atomic E-state index is -0.642. The Morgan fingerprint density at radius 1 is 1.26 bits per heavy atom. The SMILES string of the molecule is Cc1cc(C)n(CCCNC(=O)C(=O)NCCN)n1. The predicted octanol–water partition coefficient (Wildman–Crippen LogP) is -0.919. The van der Waals surface area contributed by atoms with Crippen LogP contribution >= 0.6 is 0 Å². The first-order valence-electron chi connectivity index (χ1n) is 6.31. The van der Waals surface area contributed by atoms with Crippen LogP contribution in [0.1, 0.15) is 17.8 Å². The van der Waals surface area contributed by atoms with Crippen molar-refractivity contribution in [3.05, 3.63) is 17.5 Å². The number of amides is 2. The highest BCUT2D eigenvalue weighted by atomic mass is 16.2. The molecule has 0 bridgehead atoms. The van der Waals surface area contributed by atoms with Gasteiger partial charge in [-0.15, -0.1) is 0 Å². The summed E-state index contributed by atoms with van der Waals surface area (Å²) in [7, 11) is 0. The maximum atomic E-state index is 11.3. The Kier molecular flexibility index (Phi) is 6.01. The van der Waals surface area contributed by atoms with Crippen LogP contribution < -0.4 is 16.4 Å². The third-order valence-corrected chi connectivity index (χ3v) is 2.57.